The zero-order valence-electron chi connectivity index (χ0n) is 18.7. The van der Waals surface area contributed by atoms with Gasteiger partial charge in [0.15, 0.2) is 0 Å². The number of para-hydroxylation sites is 1. The molecule has 0 spiro atoms. The van der Waals surface area contributed by atoms with Gasteiger partial charge in [0.1, 0.15) is 11.5 Å². The van der Waals surface area contributed by atoms with Crippen molar-refractivity contribution >= 4 is 28.4 Å². The van der Waals surface area contributed by atoms with Crippen molar-refractivity contribution in [2.45, 2.75) is 51.1 Å². The van der Waals surface area contributed by atoms with Crippen LogP contribution in [0.1, 0.15) is 56.2 Å². The summed E-state index contributed by atoms with van der Waals surface area (Å²) in [5.41, 5.74) is 2.34. The van der Waals surface area contributed by atoms with Gasteiger partial charge in [-0.3, -0.25) is 9.59 Å². The number of benzene rings is 2. The van der Waals surface area contributed by atoms with E-state index < -0.39 is 17.7 Å². The number of carbonyl (C=O) groups is 2. The van der Waals surface area contributed by atoms with Crippen LogP contribution in [-0.2, 0) is 9.59 Å². The van der Waals surface area contributed by atoms with Crippen LogP contribution in [0.4, 0.5) is 0 Å². The van der Waals surface area contributed by atoms with E-state index in [0.29, 0.717) is 12.2 Å². The first-order valence-electron chi connectivity index (χ1n) is 11.7. The Labute approximate surface area is 192 Å². The summed E-state index contributed by atoms with van der Waals surface area (Å²) < 4.78 is 5.71. The van der Waals surface area contributed by atoms with Gasteiger partial charge in [0.25, 0.3) is 11.7 Å². The van der Waals surface area contributed by atoms with Crippen LogP contribution < -0.4 is 4.74 Å². The second kappa shape index (κ2) is 8.77. The molecule has 2 fully saturated rings. The van der Waals surface area contributed by atoms with E-state index >= 15 is 0 Å². The normalized spacial score (nSPS) is 20.8. The van der Waals surface area contributed by atoms with Gasteiger partial charge in [0.05, 0.1) is 18.2 Å². The van der Waals surface area contributed by atoms with Gasteiger partial charge in [0.2, 0.25) is 0 Å². The highest BCUT2D eigenvalue weighted by molar-refractivity contribution is 6.46. The summed E-state index contributed by atoms with van der Waals surface area (Å²) >= 11 is 0. The molecule has 1 atom stereocenters. The molecular formula is C27H28N2O4. The number of aromatic nitrogens is 1. The summed E-state index contributed by atoms with van der Waals surface area (Å²) in [7, 11) is 0. The molecule has 5 rings (SSSR count). The van der Waals surface area contributed by atoms with E-state index in [9.17, 15) is 14.7 Å². The zero-order chi connectivity index (χ0) is 22.9. The molecule has 2 aromatic carbocycles. The smallest absolute Gasteiger partial charge is 0.295 e. The fourth-order valence-electron chi connectivity index (χ4n) is 5.12. The number of nitrogens with zero attached hydrogens (tertiary/aromatic N) is 1. The highest BCUT2D eigenvalue weighted by Crippen LogP contribution is 2.44. The minimum atomic E-state index is -0.624. The van der Waals surface area contributed by atoms with Crippen molar-refractivity contribution in [1.29, 1.82) is 0 Å². The summed E-state index contributed by atoms with van der Waals surface area (Å²) in [5.74, 6) is -0.543. The highest BCUT2D eigenvalue weighted by atomic mass is 16.5. The van der Waals surface area contributed by atoms with Gasteiger partial charge < -0.3 is 19.7 Å². The summed E-state index contributed by atoms with van der Waals surface area (Å²) in [6.07, 6.45) is 6.41. The van der Waals surface area contributed by atoms with Gasteiger partial charge >= 0.3 is 0 Å². The minimum Gasteiger partial charge on any atom is -0.507 e. The van der Waals surface area contributed by atoms with Gasteiger partial charge in [-0.25, -0.2) is 0 Å². The molecule has 2 N–H and O–H groups in total. The number of hydrogen-bond donors (Lipinski definition) is 2. The number of aliphatic hydroxyl groups excluding tert-OH is 1. The van der Waals surface area contributed by atoms with Crippen molar-refractivity contribution in [1.82, 2.24) is 9.88 Å². The lowest BCUT2D eigenvalue weighted by Gasteiger charge is -2.30. The molecule has 33 heavy (non-hydrogen) atoms. The topological polar surface area (TPSA) is 82.6 Å². The van der Waals surface area contributed by atoms with Crippen LogP contribution in [0.15, 0.2) is 60.3 Å². The lowest BCUT2D eigenvalue weighted by Crippen LogP contribution is -2.37. The van der Waals surface area contributed by atoms with Crippen LogP contribution in [0, 0.1) is 0 Å². The predicted octanol–water partition coefficient (Wildman–Crippen LogP) is 5.32. The molecule has 1 aliphatic carbocycles. The van der Waals surface area contributed by atoms with E-state index in [0.717, 1.165) is 54.3 Å². The maximum atomic E-state index is 13.3. The third kappa shape index (κ3) is 3.69. The SMILES string of the molecule is CCCOc1ccc(C2/C(=C(/O)c3c[nH]c4ccccc34)C(=O)C(=O)N2C2CCCC2)cc1. The van der Waals surface area contributed by atoms with E-state index in [1.165, 1.54) is 0 Å². The number of rotatable bonds is 6. The molecule has 2 aliphatic rings. The fourth-order valence-corrected chi connectivity index (χ4v) is 5.12. The average Bonchev–Trinajstić information content (AvgIpc) is 3.57. The van der Waals surface area contributed by atoms with Crippen LogP contribution in [0.5, 0.6) is 5.75 Å². The number of aromatic amines is 1. The van der Waals surface area contributed by atoms with E-state index in [1.54, 1.807) is 11.1 Å². The summed E-state index contributed by atoms with van der Waals surface area (Å²) in [4.78, 5) is 31.4. The molecule has 170 valence electrons. The number of nitrogens with one attached hydrogen (secondary N) is 1. The van der Waals surface area contributed by atoms with E-state index in [4.69, 9.17) is 4.74 Å². The molecule has 1 amide bonds. The Hall–Kier alpha value is -3.54. The molecule has 1 saturated carbocycles. The Kier molecular flexibility index (Phi) is 5.67. The molecule has 1 unspecified atom stereocenters. The number of fused-ring (bicyclic) bond motifs is 1. The Morgan fingerprint density at radius 3 is 2.55 bits per heavy atom. The molecule has 3 aromatic rings. The van der Waals surface area contributed by atoms with Crippen molar-refractivity contribution in [2.24, 2.45) is 0 Å². The van der Waals surface area contributed by atoms with Gasteiger partial charge in [-0.1, -0.05) is 50.1 Å². The second-order valence-corrected chi connectivity index (χ2v) is 8.81. The molecule has 1 saturated heterocycles. The van der Waals surface area contributed by atoms with E-state index in [1.807, 2.05) is 55.5 Å². The first-order chi connectivity index (χ1) is 16.1. The van der Waals surface area contributed by atoms with Crippen LogP contribution in [-0.4, -0.2) is 39.3 Å². The van der Waals surface area contributed by atoms with Crippen molar-refractivity contribution < 1.29 is 19.4 Å². The average molecular weight is 445 g/mol. The second-order valence-electron chi connectivity index (χ2n) is 8.81. The predicted molar refractivity (Wildman–Crippen MR) is 127 cm³/mol. The number of ketones is 1. The first-order valence-corrected chi connectivity index (χ1v) is 11.7. The molecule has 0 radical (unpaired) electrons. The number of aliphatic hydroxyl groups is 1. The molecule has 2 heterocycles. The summed E-state index contributed by atoms with van der Waals surface area (Å²) in [5, 5.41) is 12.2. The molecule has 6 nitrogen and oxygen atoms in total. The monoisotopic (exact) mass is 444 g/mol. The maximum absolute atomic E-state index is 13.3. The van der Waals surface area contributed by atoms with Crippen LogP contribution in [0.3, 0.4) is 0 Å². The van der Waals surface area contributed by atoms with Crippen molar-refractivity contribution in [3.05, 3.63) is 71.4 Å². The van der Waals surface area contributed by atoms with Crippen molar-refractivity contribution in [3.8, 4) is 5.75 Å². The molecule has 1 aliphatic heterocycles. The van der Waals surface area contributed by atoms with Crippen LogP contribution >= 0.6 is 0 Å². The number of likely N-dealkylation sites (tertiary alicyclic amines) is 1. The molecule has 0 bridgehead atoms. The Bertz CT molecular complexity index is 1220. The third-order valence-corrected chi connectivity index (χ3v) is 6.71. The van der Waals surface area contributed by atoms with Gasteiger partial charge in [-0.15, -0.1) is 0 Å². The first kappa shape index (κ1) is 21.3. The van der Waals surface area contributed by atoms with Crippen LogP contribution in [0.25, 0.3) is 16.7 Å². The summed E-state index contributed by atoms with van der Waals surface area (Å²) in [6.45, 7) is 2.68. The number of amides is 1. The standard InChI is InChI=1S/C27H28N2O4/c1-2-15-33-19-13-11-17(12-14-19)24-23(26(31)27(32)29(24)18-7-3-4-8-18)25(30)21-16-28-22-10-6-5-9-20(21)22/h5-6,9-14,16,18,24,28,30H,2-4,7-8,15H2,1H3/b25-23-. The molecule has 6 heteroatoms. The molecular weight excluding hydrogens is 416 g/mol. The lowest BCUT2D eigenvalue weighted by atomic mass is 9.94. The number of hydrogen-bond acceptors (Lipinski definition) is 4. The fraction of sp³-hybridized carbons (Fsp3) is 0.333. The quantitative estimate of drug-likeness (QED) is 0.306. The number of ether oxygens (including phenoxy) is 1. The number of Topliss-reactive ketones (excluding diaryl/α,β-unsaturated/α-hetero) is 1. The highest BCUT2D eigenvalue weighted by Gasteiger charge is 2.49. The van der Waals surface area contributed by atoms with Crippen LogP contribution in [0.2, 0.25) is 0 Å². The number of H-pyrrole nitrogens is 1. The summed E-state index contributed by atoms with van der Waals surface area (Å²) in [6, 6.07) is 14.5. The third-order valence-electron chi connectivity index (χ3n) is 6.71. The van der Waals surface area contributed by atoms with Gasteiger partial charge in [-0.05, 0) is 43.0 Å². The zero-order valence-corrected chi connectivity index (χ0v) is 18.7. The van der Waals surface area contributed by atoms with Gasteiger partial charge in [-0.2, -0.15) is 0 Å². The Morgan fingerprint density at radius 1 is 1.09 bits per heavy atom. The number of carbonyl (C=O) groups excluding carboxylic acids is 2. The van der Waals surface area contributed by atoms with E-state index in [2.05, 4.69) is 4.98 Å². The maximum Gasteiger partial charge on any atom is 0.295 e. The Morgan fingerprint density at radius 2 is 1.82 bits per heavy atom. The minimum absolute atomic E-state index is 0.00395. The van der Waals surface area contributed by atoms with Gasteiger partial charge in [0, 0.05) is 28.7 Å². The lowest BCUT2D eigenvalue weighted by molar-refractivity contribution is -0.141. The Balaban J connectivity index is 1.63. The van der Waals surface area contributed by atoms with E-state index in [-0.39, 0.29) is 17.4 Å². The largest absolute Gasteiger partial charge is 0.507 e. The van der Waals surface area contributed by atoms with Crippen molar-refractivity contribution in [2.75, 3.05) is 6.61 Å². The van der Waals surface area contributed by atoms with Crippen molar-refractivity contribution in [3.63, 3.8) is 0 Å². The molecule has 1 aromatic heterocycles.